The third-order valence-electron chi connectivity index (χ3n) is 5.84. The molecule has 0 fully saturated rings. The smallest absolute Gasteiger partial charge is 0.179 e. The minimum atomic E-state index is -3.35. The van der Waals surface area contributed by atoms with Gasteiger partial charge in [0.2, 0.25) is 0 Å². The van der Waals surface area contributed by atoms with E-state index in [0.29, 0.717) is 22.9 Å². The van der Waals surface area contributed by atoms with Gasteiger partial charge in [0.15, 0.2) is 21.3 Å². The SMILES string of the molecule is COc1cc2c(cc1OC)C(c1ccccc1)N(CCS(=O)(=O)c1ccccc1)CC2. The van der Waals surface area contributed by atoms with Crippen LogP contribution in [0.5, 0.6) is 11.5 Å². The lowest BCUT2D eigenvalue weighted by atomic mass is 9.87. The van der Waals surface area contributed by atoms with Gasteiger partial charge < -0.3 is 9.47 Å². The van der Waals surface area contributed by atoms with Crippen molar-refractivity contribution in [3.05, 3.63) is 89.5 Å². The summed E-state index contributed by atoms with van der Waals surface area (Å²) in [7, 11) is -0.0774. The Morgan fingerprint density at radius 3 is 2.16 bits per heavy atom. The van der Waals surface area contributed by atoms with Crippen LogP contribution in [0, 0.1) is 0 Å². The Morgan fingerprint density at radius 2 is 1.52 bits per heavy atom. The lowest BCUT2D eigenvalue weighted by Gasteiger charge is -2.38. The molecule has 0 bridgehead atoms. The summed E-state index contributed by atoms with van der Waals surface area (Å²) in [5, 5.41) is 0. The molecule has 5 nitrogen and oxygen atoms in total. The van der Waals surface area contributed by atoms with Gasteiger partial charge in [-0.3, -0.25) is 4.90 Å². The van der Waals surface area contributed by atoms with Crippen molar-refractivity contribution < 1.29 is 17.9 Å². The van der Waals surface area contributed by atoms with E-state index in [9.17, 15) is 8.42 Å². The van der Waals surface area contributed by atoms with Gasteiger partial charge in [-0.15, -0.1) is 0 Å². The third kappa shape index (κ3) is 4.45. The summed E-state index contributed by atoms with van der Waals surface area (Å²) in [6.07, 6.45) is 0.824. The van der Waals surface area contributed by atoms with Crippen molar-refractivity contribution in [3.63, 3.8) is 0 Å². The average molecular weight is 438 g/mol. The Morgan fingerprint density at radius 1 is 0.903 bits per heavy atom. The van der Waals surface area contributed by atoms with E-state index >= 15 is 0 Å². The summed E-state index contributed by atoms with van der Waals surface area (Å²) >= 11 is 0. The molecule has 4 rings (SSSR count). The third-order valence-corrected chi connectivity index (χ3v) is 7.55. The molecule has 31 heavy (non-hydrogen) atoms. The predicted molar refractivity (Wildman–Crippen MR) is 122 cm³/mol. The molecule has 6 heteroatoms. The minimum Gasteiger partial charge on any atom is -0.493 e. The highest BCUT2D eigenvalue weighted by molar-refractivity contribution is 7.91. The number of benzene rings is 3. The highest BCUT2D eigenvalue weighted by Crippen LogP contribution is 2.40. The minimum absolute atomic E-state index is 0.0456. The first-order chi connectivity index (χ1) is 15.0. The molecule has 0 amide bonds. The maximum Gasteiger partial charge on any atom is 0.179 e. The van der Waals surface area contributed by atoms with Crippen LogP contribution in [-0.2, 0) is 16.3 Å². The molecule has 1 aliphatic heterocycles. The molecular weight excluding hydrogens is 410 g/mol. The molecule has 0 N–H and O–H groups in total. The Bertz CT molecular complexity index is 1130. The highest BCUT2D eigenvalue weighted by Gasteiger charge is 2.31. The van der Waals surface area contributed by atoms with Crippen LogP contribution in [0.25, 0.3) is 0 Å². The molecule has 0 saturated heterocycles. The van der Waals surface area contributed by atoms with Crippen LogP contribution >= 0.6 is 0 Å². The highest BCUT2D eigenvalue weighted by atomic mass is 32.2. The van der Waals surface area contributed by atoms with Crippen molar-refractivity contribution in [3.8, 4) is 11.5 Å². The number of nitrogens with zero attached hydrogens (tertiary/aromatic N) is 1. The molecule has 1 unspecified atom stereocenters. The molecule has 0 radical (unpaired) electrons. The Labute approximate surface area is 184 Å². The number of rotatable bonds is 7. The van der Waals surface area contributed by atoms with Crippen molar-refractivity contribution in [1.82, 2.24) is 4.90 Å². The number of hydrogen-bond donors (Lipinski definition) is 0. The van der Waals surface area contributed by atoms with Gasteiger partial charge in [0, 0.05) is 13.1 Å². The molecule has 1 atom stereocenters. The van der Waals surface area contributed by atoms with Crippen molar-refractivity contribution in [2.24, 2.45) is 0 Å². The second-order valence-electron chi connectivity index (χ2n) is 7.64. The topological polar surface area (TPSA) is 55.8 Å². The first-order valence-corrected chi connectivity index (χ1v) is 12.0. The van der Waals surface area contributed by atoms with Crippen LogP contribution in [0.1, 0.15) is 22.7 Å². The van der Waals surface area contributed by atoms with Crippen molar-refractivity contribution in [1.29, 1.82) is 0 Å². The number of fused-ring (bicyclic) bond motifs is 1. The van der Waals surface area contributed by atoms with Crippen molar-refractivity contribution in [2.45, 2.75) is 17.4 Å². The zero-order valence-electron chi connectivity index (χ0n) is 17.8. The van der Waals surface area contributed by atoms with Gasteiger partial charge in [-0.1, -0.05) is 48.5 Å². The molecule has 0 aromatic heterocycles. The quantitative estimate of drug-likeness (QED) is 0.556. The largest absolute Gasteiger partial charge is 0.493 e. The van der Waals surface area contributed by atoms with Crippen molar-refractivity contribution >= 4 is 9.84 Å². The number of hydrogen-bond acceptors (Lipinski definition) is 5. The standard InChI is InChI=1S/C25H27NO4S/c1-29-23-17-20-13-14-26(15-16-31(27,28)21-11-7-4-8-12-21)25(19-9-5-3-6-10-19)22(20)18-24(23)30-2/h3-12,17-18,25H,13-16H2,1-2H3. The fourth-order valence-corrected chi connectivity index (χ4v) is 5.53. The van der Waals surface area contributed by atoms with Crippen LogP contribution < -0.4 is 9.47 Å². The molecule has 3 aromatic rings. The van der Waals surface area contributed by atoms with E-state index in [1.54, 1.807) is 38.5 Å². The van der Waals surface area contributed by atoms with E-state index in [4.69, 9.17) is 9.47 Å². The van der Waals surface area contributed by atoms with Crippen LogP contribution in [0.3, 0.4) is 0 Å². The lowest BCUT2D eigenvalue weighted by Crippen LogP contribution is -2.39. The van der Waals surface area contributed by atoms with Gasteiger partial charge in [0.05, 0.1) is 30.9 Å². The Hall–Kier alpha value is -2.83. The van der Waals surface area contributed by atoms with E-state index in [0.717, 1.165) is 24.1 Å². The molecule has 1 heterocycles. The molecular formula is C25H27NO4S. The molecule has 0 spiro atoms. The fraction of sp³-hybridized carbons (Fsp3) is 0.280. The summed E-state index contributed by atoms with van der Waals surface area (Å²) in [6.45, 7) is 1.22. The zero-order valence-corrected chi connectivity index (χ0v) is 18.6. The Kier molecular flexibility index (Phi) is 6.30. The summed E-state index contributed by atoms with van der Waals surface area (Å²) in [5.41, 5.74) is 3.47. The molecule has 0 saturated carbocycles. The summed E-state index contributed by atoms with van der Waals surface area (Å²) in [4.78, 5) is 2.62. The average Bonchev–Trinajstić information content (AvgIpc) is 2.82. The van der Waals surface area contributed by atoms with Crippen molar-refractivity contribution in [2.75, 3.05) is 33.1 Å². The van der Waals surface area contributed by atoms with Gasteiger partial charge >= 0.3 is 0 Å². The molecule has 162 valence electrons. The predicted octanol–water partition coefficient (Wildman–Crippen LogP) is 4.13. The van der Waals surface area contributed by atoms with E-state index in [2.05, 4.69) is 17.0 Å². The summed E-state index contributed by atoms with van der Waals surface area (Å²) in [6, 6.07) is 22.9. The molecule has 3 aromatic carbocycles. The van der Waals surface area contributed by atoms with Gasteiger partial charge in [-0.2, -0.15) is 0 Å². The first kappa shape index (κ1) is 21.4. The van der Waals surface area contributed by atoms with Gasteiger partial charge in [0.1, 0.15) is 0 Å². The van der Waals surface area contributed by atoms with Gasteiger partial charge in [-0.05, 0) is 47.4 Å². The van der Waals surface area contributed by atoms with Crippen LogP contribution in [0.15, 0.2) is 77.7 Å². The van der Waals surface area contributed by atoms with Crippen LogP contribution in [0.4, 0.5) is 0 Å². The van der Waals surface area contributed by atoms with E-state index in [-0.39, 0.29) is 11.8 Å². The van der Waals surface area contributed by atoms with Crippen LogP contribution in [0.2, 0.25) is 0 Å². The maximum atomic E-state index is 12.9. The zero-order chi connectivity index (χ0) is 21.8. The first-order valence-electron chi connectivity index (χ1n) is 10.3. The van der Waals surface area contributed by atoms with Gasteiger partial charge in [0.25, 0.3) is 0 Å². The lowest BCUT2D eigenvalue weighted by molar-refractivity contribution is 0.224. The summed E-state index contributed by atoms with van der Waals surface area (Å²) in [5.74, 6) is 1.47. The molecule has 1 aliphatic rings. The second kappa shape index (κ2) is 9.12. The number of ether oxygens (including phenoxy) is 2. The monoisotopic (exact) mass is 437 g/mol. The number of methoxy groups -OCH3 is 2. The molecule has 0 aliphatic carbocycles. The Balaban J connectivity index is 1.68. The van der Waals surface area contributed by atoms with E-state index < -0.39 is 9.84 Å². The number of sulfone groups is 1. The van der Waals surface area contributed by atoms with E-state index in [1.807, 2.05) is 36.4 Å². The fourth-order valence-electron chi connectivity index (χ4n) is 4.25. The second-order valence-corrected chi connectivity index (χ2v) is 9.75. The summed E-state index contributed by atoms with van der Waals surface area (Å²) < 4.78 is 36.8. The van der Waals surface area contributed by atoms with Gasteiger partial charge in [-0.25, -0.2) is 8.42 Å². The van der Waals surface area contributed by atoms with E-state index in [1.165, 1.54) is 5.56 Å². The van der Waals surface area contributed by atoms with Crippen LogP contribution in [-0.4, -0.2) is 46.4 Å². The normalized spacial score (nSPS) is 16.5. The maximum absolute atomic E-state index is 12.9.